The van der Waals surface area contributed by atoms with Crippen molar-refractivity contribution in [3.8, 4) is 0 Å². The van der Waals surface area contributed by atoms with Gasteiger partial charge in [0.1, 0.15) is 0 Å². The number of anilines is 1. The van der Waals surface area contributed by atoms with Crippen molar-refractivity contribution in [2.45, 2.75) is 50.9 Å². The number of nitrogens with zero attached hydrogens (tertiary/aromatic N) is 1. The minimum atomic E-state index is -0.189. The third kappa shape index (κ3) is 2.16. The summed E-state index contributed by atoms with van der Waals surface area (Å²) in [5, 5.41) is 0. The molecule has 0 radical (unpaired) electrons. The molecule has 0 atom stereocenters. The van der Waals surface area contributed by atoms with Crippen LogP contribution in [0.15, 0.2) is 42.5 Å². The Labute approximate surface area is 165 Å². The highest BCUT2D eigenvalue weighted by Gasteiger charge is 2.52. The monoisotopic (exact) mass is 371 g/mol. The molecule has 0 spiro atoms. The van der Waals surface area contributed by atoms with Gasteiger partial charge in [0.15, 0.2) is 0 Å². The fourth-order valence-corrected chi connectivity index (χ4v) is 7.07. The predicted molar refractivity (Wildman–Crippen MR) is 109 cm³/mol. The normalized spacial score (nSPS) is 32.9. The second-order valence-electron chi connectivity index (χ2n) is 9.69. The highest BCUT2D eigenvalue weighted by atomic mass is 16.2. The molecule has 2 amide bonds. The average molecular weight is 371 g/mol. The van der Waals surface area contributed by atoms with Crippen LogP contribution in [0.4, 0.5) is 5.69 Å². The second-order valence-corrected chi connectivity index (χ2v) is 9.69. The summed E-state index contributed by atoms with van der Waals surface area (Å²) in [6.45, 7) is 1.94. The van der Waals surface area contributed by atoms with Crippen LogP contribution < -0.4 is 4.90 Å². The van der Waals surface area contributed by atoms with Gasteiger partial charge in [-0.15, -0.1) is 0 Å². The van der Waals surface area contributed by atoms with Gasteiger partial charge in [-0.05, 0) is 97.9 Å². The van der Waals surface area contributed by atoms with Gasteiger partial charge in [0, 0.05) is 0 Å². The molecule has 0 N–H and O–H groups in total. The molecular formula is C25H25NO2. The first-order valence-corrected chi connectivity index (χ1v) is 10.6. The lowest BCUT2D eigenvalue weighted by molar-refractivity contribution is -0.00520. The van der Waals surface area contributed by atoms with Crippen molar-refractivity contribution in [2.75, 3.05) is 4.90 Å². The molecule has 142 valence electrons. The van der Waals surface area contributed by atoms with Crippen LogP contribution in [0.25, 0.3) is 0 Å². The van der Waals surface area contributed by atoms with Crippen molar-refractivity contribution >= 4 is 17.5 Å². The Morgan fingerprint density at radius 1 is 0.821 bits per heavy atom. The summed E-state index contributed by atoms with van der Waals surface area (Å²) in [5.41, 5.74) is 4.34. The van der Waals surface area contributed by atoms with Crippen LogP contribution in [-0.2, 0) is 5.41 Å². The SMILES string of the molecule is Cc1ccccc1N1C(=O)c2ccc(C34CC5CC(CC(C5)C3)C4)cc2C1=O. The molecule has 5 aliphatic rings. The van der Waals surface area contributed by atoms with E-state index < -0.39 is 0 Å². The molecule has 28 heavy (non-hydrogen) atoms. The fraction of sp³-hybridized carbons (Fsp3) is 0.440. The molecule has 4 saturated carbocycles. The Morgan fingerprint density at radius 3 is 2.07 bits per heavy atom. The second kappa shape index (κ2) is 5.56. The number of amides is 2. The zero-order valence-electron chi connectivity index (χ0n) is 16.3. The zero-order valence-corrected chi connectivity index (χ0v) is 16.3. The summed E-state index contributed by atoms with van der Waals surface area (Å²) >= 11 is 0. The smallest absolute Gasteiger partial charge is 0.266 e. The number of para-hydroxylation sites is 1. The molecule has 1 heterocycles. The lowest BCUT2D eigenvalue weighted by atomic mass is 9.48. The molecule has 2 aromatic carbocycles. The van der Waals surface area contributed by atoms with E-state index in [1.165, 1.54) is 49.0 Å². The van der Waals surface area contributed by atoms with Crippen molar-refractivity contribution in [3.05, 3.63) is 64.7 Å². The topological polar surface area (TPSA) is 37.4 Å². The van der Waals surface area contributed by atoms with Crippen molar-refractivity contribution < 1.29 is 9.59 Å². The first-order valence-electron chi connectivity index (χ1n) is 10.6. The third-order valence-corrected chi connectivity index (χ3v) is 7.89. The van der Waals surface area contributed by atoms with E-state index in [-0.39, 0.29) is 17.2 Å². The molecule has 1 aliphatic heterocycles. The van der Waals surface area contributed by atoms with Crippen molar-refractivity contribution in [1.82, 2.24) is 0 Å². The molecule has 0 aromatic heterocycles. The van der Waals surface area contributed by atoms with Gasteiger partial charge in [-0.2, -0.15) is 0 Å². The van der Waals surface area contributed by atoms with Crippen molar-refractivity contribution in [3.63, 3.8) is 0 Å². The third-order valence-electron chi connectivity index (χ3n) is 7.89. The maximum Gasteiger partial charge on any atom is 0.266 e. The minimum Gasteiger partial charge on any atom is -0.268 e. The Hall–Kier alpha value is -2.42. The highest BCUT2D eigenvalue weighted by Crippen LogP contribution is 2.60. The number of aryl methyl sites for hydroxylation is 1. The molecule has 4 bridgehead atoms. The van der Waals surface area contributed by atoms with Gasteiger partial charge in [-0.3, -0.25) is 9.59 Å². The molecule has 4 aliphatic carbocycles. The van der Waals surface area contributed by atoms with Crippen LogP contribution in [0.2, 0.25) is 0 Å². The van der Waals surface area contributed by atoms with E-state index in [0.717, 1.165) is 23.3 Å². The van der Waals surface area contributed by atoms with Crippen LogP contribution in [-0.4, -0.2) is 11.8 Å². The van der Waals surface area contributed by atoms with Crippen LogP contribution in [0, 0.1) is 24.7 Å². The zero-order chi connectivity index (χ0) is 19.0. The molecule has 0 unspecified atom stereocenters. The lowest BCUT2D eigenvalue weighted by Crippen LogP contribution is -2.48. The number of imide groups is 1. The first kappa shape index (κ1) is 16.5. The van der Waals surface area contributed by atoms with Crippen LogP contribution in [0.5, 0.6) is 0 Å². The fourth-order valence-electron chi connectivity index (χ4n) is 7.07. The maximum atomic E-state index is 13.2. The standard InChI is InChI=1S/C25H25NO2/c1-15-4-2-3-5-22(15)26-23(27)20-7-6-19(11-21(20)24(26)28)25-12-16-8-17(13-25)10-18(9-16)14-25/h2-7,11,16-18H,8-10,12-14H2,1H3. The van der Waals surface area contributed by atoms with E-state index in [1.807, 2.05) is 37.3 Å². The Balaban J connectivity index is 1.41. The van der Waals surface area contributed by atoms with Gasteiger partial charge in [-0.25, -0.2) is 4.90 Å². The predicted octanol–water partition coefficient (Wildman–Crippen LogP) is 5.26. The van der Waals surface area contributed by atoms with Crippen LogP contribution in [0.1, 0.15) is 70.4 Å². The van der Waals surface area contributed by atoms with Gasteiger partial charge in [0.05, 0.1) is 16.8 Å². The summed E-state index contributed by atoms with van der Waals surface area (Å²) in [4.78, 5) is 27.6. The summed E-state index contributed by atoms with van der Waals surface area (Å²) in [6.07, 6.45) is 8.01. The van der Waals surface area contributed by atoms with E-state index in [9.17, 15) is 9.59 Å². The van der Waals surface area contributed by atoms with Gasteiger partial charge in [0.25, 0.3) is 11.8 Å². The largest absolute Gasteiger partial charge is 0.268 e. The molecule has 2 aromatic rings. The molecular weight excluding hydrogens is 346 g/mol. The maximum absolute atomic E-state index is 13.2. The van der Waals surface area contributed by atoms with Gasteiger partial charge < -0.3 is 0 Å². The van der Waals surface area contributed by atoms with Crippen LogP contribution >= 0.6 is 0 Å². The Morgan fingerprint density at radius 2 is 1.43 bits per heavy atom. The number of hydrogen-bond acceptors (Lipinski definition) is 2. The number of carbonyl (C=O) groups excluding carboxylic acids is 2. The van der Waals surface area contributed by atoms with E-state index in [4.69, 9.17) is 0 Å². The number of hydrogen-bond donors (Lipinski definition) is 0. The first-order chi connectivity index (χ1) is 13.5. The average Bonchev–Trinajstić information content (AvgIpc) is 2.92. The Bertz CT molecular complexity index is 986. The molecule has 3 nitrogen and oxygen atoms in total. The molecule has 4 fully saturated rings. The Kier molecular flexibility index (Phi) is 3.28. The number of carbonyl (C=O) groups is 2. The molecule has 0 saturated heterocycles. The van der Waals surface area contributed by atoms with E-state index >= 15 is 0 Å². The summed E-state index contributed by atoms with van der Waals surface area (Å²) in [6, 6.07) is 13.8. The van der Waals surface area contributed by atoms with Gasteiger partial charge >= 0.3 is 0 Å². The lowest BCUT2D eigenvalue weighted by Gasteiger charge is -2.57. The van der Waals surface area contributed by atoms with Gasteiger partial charge in [0.2, 0.25) is 0 Å². The number of benzene rings is 2. The highest BCUT2D eigenvalue weighted by molar-refractivity contribution is 6.34. The summed E-state index contributed by atoms with van der Waals surface area (Å²) in [7, 11) is 0. The summed E-state index contributed by atoms with van der Waals surface area (Å²) < 4.78 is 0. The van der Waals surface area contributed by atoms with E-state index in [0.29, 0.717) is 16.8 Å². The number of rotatable bonds is 2. The van der Waals surface area contributed by atoms with Crippen molar-refractivity contribution in [2.24, 2.45) is 17.8 Å². The van der Waals surface area contributed by atoms with Gasteiger partial charge in [-0.1, -0.05) is 24.3 Å². The molecule has 3 heteroatoms. The van der Waals surface area contributed by atoms with Crippen molar-refractivity contribution in [1.29, 1.82) is 0 Å². The summed E-state index contributed by atoms with van der Waals surface area (Å²) in [5.74, 6) is 2.23. The number of fused-ring (bicyclic) bond motifs is 1. The van der Waals surface area contributed by atoms with E-state index in [2.05, 4.69) is 12.1 Å². The quantitative estimate of drug-likeness (QED) is 0.675. The minimum absolute atomic E-state index is 0.166. The molecule has 7 rings (SSSR count). The van der Waals surface area contributed by atoms with E-state index in [1.54, 1.807) is 0 Å². The van der Waals surface area contributed by atoms with Crippen LogP contribution in [0.3, 0.4) is 0 Å².